The van der Waals surface area contributed by atoms with Gasteiger partial charge >= 0.3 is 0 Å². The third-order valence-corrected chi connectivity index (χ3v) is 5.30. The molecule has 0 aliphatic rings. The van der Waals surface area contributed by atoms with Crippen molar-refractivity contribution < 1.29 is 9.84 Å². The minimum Gasteiger partial charge on any atom is -0.389 e. The monoisotopic (exact) mass is 392 g/mol. The van der Waals surface area contributed by atoms with Crippen LogP contribution in [0.25, 0.3) is 21.3 Å². The fourth-order valence-corrected chi connectivity index (χ4v) is 3.82. The van der Waals surface area contributed by atoms with Crippen molar-refractivity contribution in [2.75, 3.05) is 6.61 Å². The van der Waals surface area contributed by atoms with Crippen LogP contribution in [0.3, 0.4) is 0 Å². The van der Waals surface area contributed by atoms with Gasteiger partial charge in [0.15, 0.2) is 0 Å². The molecule has 0 aliphatic heterocycles. The van der Waals surface area contributed by atoms with Gasteiger partial charge in [0.1, 0.15) is 5.69 Å². The Morgan fingerprint density at radius 2 is 1.75 bits per heavy atom. The largest absolute Gasteiger partial charge is 0.389 e. The summed E-state index contributed by atoms with van der Waals surface area (Å²) in [5.41, 5.74) is 1.58. The van der Waals surface area contributed by atoms with E-state index in [1.807, 2.05) is 66.0 Å². The molecule has 0 spiro atoms. The highest BCUT2D eigenvalue weighted by Gasteiger charge is 2.15. The molecule has 4 rings (SSSR count). The lowest BCUT2D eigenvalue weighted by Gasteiger charge is -2.14. The molecule has 2 aromatic carbocycles. The molecular weight excluding hydrogens is 372 g/mol. The maximum atomic E-state index is 12.8. The molecule has 0 amide bonds. The maximum Gasteiger partial charge on any atom is 0.274 e. The zero-order chi connectivity index (χ0) is 19.3. The summed E-state index contributed by atoms with van der Waals surface area (Å²) >= 11 is 1.57. The Morgan fingerprint density at radius 3 is 2.50 bits per heavy atom. The SMILES string of the molecule is O=c1c2ccccc2c(-c2cccs2)nn1CC(O)COCc1ccccc1. The lowest BCUT2D eigenvalue weighted by atomic mass is 10.1. The number of aliphatic hydroxyl groups excluding tert-OH is 1. The molecule has 1 N–H and O–H groups in total. The average Bonchev–Trinajstić information content (AvgIpc) is 3.26. The van der Waals surface area contributed by atoms with Crippen molar-refractivity contribution in [1.82, 2.24) is 9.78 Å². The average molecular weight is 392 g/mol. The fraction of sp³-hybridized carbons (Fsp3) is 0.182. The number of aromatic nitrogens is 2. The van der Waals surface area contributed by atoms with Crippen LogP contribution >= 0.6 is 11.3 Å². The van der Waals surface area contributed by atoms with Crippen LogP contribution in [0.2, 0.25) is 0 Å². The van der Waals surface area contributed by atoms with E-state index in [9.17, 15) is 9.90 Å². The number of ether oxygens (including phenoxy) is 1. The lowest BCUT2D eigenvalue weighted by molar-refractivity contribution is 0.0181. The molecule has 2 heterocycles. The Bertz CT molecular complexity index is 1110. The first-order chi connectivity index (χ1) is 13.7. The van der Waals surface area contributed by atoms with E-state index in [-0.39, 0.29) is 18.7 Å². The predicted molar refractivity (Wildman–Crippen MR) is 111 cm³/mol. The molecule has 2 aromatic heterocycles. The van der Waals surface area contributed by atoms with Gasteiger partial charge in [-0.2, -0.15) is 5.10 Å². The predicted octanol–water partition coefficient (Wildman–Crippen LogP) is 3.70. The van der Waals surface area contributed by atoms with Crippen LogP contribution in [0.5, 0.6) is 0 Å². The van der Waals surface area contributed by atoms with Gasteiger partial charge in [-0.05, 0) is 23.1 Å². The summed E-state index contributed by atoms with van der Waals surface area (Å²) < 4.78 is 6.93. The topological polar surface area (TPSA) is 64.4 Å². The van der Waals surface area contributed by atoms with Gasteiger partial charge in [-0.25, -0.2) is 4.68 Å². The smallest absolute Gasteiger partial charge is 0.274 e. The van der Waals surface area contributed by atoms with Crippen molar-refractivity contribution in [3.05, 3.63) is 88.0 Å². The first-order valence-corrected chi connectivity index (χ1v) is 9.94. The second-order valence-electron chi connectivity index (χ2n) is 6.51. The second-order valence-corrected chi connectivity index (χ2v) is 7.46. The molecule has 5 nitrogen and oxygen atoms in total. The van der Waals surface area contributed by atoms with Crippen LogP contribution in [0.4, 0.5) is 0 Å². The molecule has 0 saturated heterocycles. The van der Waals surface area contributed by atoms with Gasteiger partial charge in [0.05, 0.1) is 36.1 Å². The van der Waals surface area contributed by atoms with E-state index in [0.29, 0.717) is 12.0 Å². The molecular formula is C22H20N2O3S. The summed E-state index contributed by atoms with van der Waals surface area (Å²) in [5.74, 6) is 0. The maximum absolute atomic E-state index is 12.8. The molecule has 4 aromatic rings. The Kier molecular flexibility index (Phi) is 5.62. The molecule has 28 heavy (non-hydrogen) atoms. The Labute approximate surface area is 166 Å². The second kappa shape index (κ2) is 8.48. The van der Waals surface area contributed by atoms with E-state index in [2.05, 4.69) is 5.10 Å². The van der Waals surface area contributed by atoms with Gasteiger partial charge in [-0.1, -0.05) is 54.6 Å². The Balaban J connectivity index is 1.55. The number of benzene rings is 2. The van der Waals surface area contributed by atoms with Crippen LogP contribution in [0, 0.1) is 0 Å². The van der Waals surface area contributed by atoms with Gasteiger partial charge in [0, 0.05) is 5.39 Å². The zero-order valence-corrected chi connectivity index (χ0v) is 16.0. The summed E-state index contributed by atoms with van der Waals surface area (Å²) in [5, 5.41) is 18.3. The highest BCUT2D eigenvalue weighted by molar-refractivity contribution is 7.13. The molecule has 0 radical (unpaired) electrons. The van der Waals surface area contributed by atoms with Crippen LogP contribution < -0.4 is 5.56 Å². The van der Waals surface area contributed by atoms with Crippen LogP contribution in [-0.4, -0.2) is 27.6 Å². The number of nitrogens with zero attached hydrogens (tertiary/aromatic N) is 2. The number of hydrogen-bond acceptors (Lipinski definition) is 5. The summed E-state index contributed by atoms with van der Waals surface area (Å²) in [6.45, 7) is 0.624. The van der Waals surface area contributed by atoms with Crippen molar-refractivity contribution in [3.63, 3.8) is 0 Å². The molecule has 0 aliphatic carbocycles. The first-order valence-electron chi connectivity index (χ1n) is 9.06. The van der Waals surface area contributed by atoms with E-state index >= 15 is 0 Å². The highest BCUT2D eigenvalue weighted by Crippen LogP contribution is 2.28. The van der Waals surface area contributed by atoms with E-state index in [1.165, 1.54) is 4.68 Å². The third kappa shape index (κ3) is 4.04. The molecule has 0 fully saturated rings. The van der Waals surface area contributed by atoms with Crippen molar-refractivity contribution in [1.29, 1.82) is 0 Å². The standard InChI is InChI=1S/C22H20N2O3S/c25-17(15-27-14-16-7-2-1-3-8-16)13-24-22(26)19-10-5-4-9-18(19)21(23-24)20-11-6-12-28-20/h1-12,17,25H,13-15H2. The molecule has 0 saturated carbocycles. The molecule has 6 heteroatoms. The van der Waals surface area contributed by atoms with Crippen LogP contribution in [0.15, 0.2) is 76.9 Å². The summed E-state index contributed by atoms with van der Waals surface area (Å²) in [6.07, 6.45) is -0.828. The fourth-order valence-electron chi connectivity index (χ4n) is 3.09. The normalized spacial score (nSPS) is 12.3. The molecule has 1 atom stereocenters. The van der Waals surface area contributed by atoms with E-state index < -0.39 is 6.10 Å². The molecule has 142 valence electrons. The minimum absolute atomic E-state index is 0.0802. The molecule has 0 bridgehead atoms. The lowest BCUT2D eigenvalue weighted by Crippen LogP contribution is -2.31. The highest BCUT2D eigenvalue weighted by atomic mass is 32.1. The molecule has 1 unspecified atom stereocenters. The number of thiophene rings is 1. The van der Waals surface area contributed by atoms with Crippen molar-refractivity contribution in [3.8, 4) is 10.6 Å². The van der Waals surface area contributed by atoms with E-state index in [4.69, 9.17) is 4.74 Å². The van der Waals surface area contributed by atoms with Gasteiger partial charge in [-0.15, -0.1) is 11.3 Å². The van der Waals surface area contributed by atoms with Gasteiger partial charge in [-0.3, -0.25) is 4.79 Å². The van der Waals surface area contributed by atoms with Crippen molar-refractivity contribution in [2.24, 2.45) is 0 Å². The van der Waals surface area contributed by atoms with E-state index in [1.54, 1.807) is 17.4 Å². The number of fused-ring (bicyclic) bond motifs is 1. The Hall–Kier alpha value is -2.80. The number of rotatable bonds is 7. The Morgan fingerprint density at radius 1 is 1.00 bits per heavy atom. The van der Waals surface area contributed by atoms with Crippen LogP contribution in [-0.2, 0) is 17.9 Å². The number of aliphatic hydroxyl groups is 1. The van der Waals surface area contributed by atoms with Gasteiger partial charge < -0.3 is 9.84 Å². The zero-order valence-electron chi connectivity index (χ0n) is 15.2. The van der Waals surface area contributed by atoms with Crippen molar-refractivity contribution >= 4 is 22.1 Å². The summed E-state index contributed by atoms with van der Waals surface area (Å²) in [4.78, 5) is 13.8. The summed E-state index contributed by atoms with van der Waals surface area (Å²) in [6, 6.07) is 21.1. The van der Waals surface area contributed by atoms with E-state index in [0.717, 1.165) is 21.5 Å². The quantitative estimate of drug-likeness (QED) is 0.521. The van der Waals surface area contributed by atoms with Gasteiger partial charge in [0.25, 0.3) is 5.56 Å². The van der Waals surface area contributed by atoms with Crippen LogP contribution in [0.1, 0.15) is 5.56 Å². The van der Waals surface area contributed by atoms with Crippen molar-refractivity contribution in [2.45, 2.75) is 19.3 Å². The summed E-state index contributed by atoms with van der Waals surface area (Å²) in [7, 11) is 0. The van der Waals surface area contributed by atoms with Gasteiger partial charge in [0.2, 0.25) is 0 Å². The third-order valence-electron chi connectivity index (χ3n) is 4.43. The first kappa shape index (κ1) is 18.6. The minimum atomic E-state index is -0.828. The number of hydrogen-bond donors (Lipinski definition) is 1.